The Hall–Kier alpha value is -2.18. The van der Waals surface area contributed by atoms with E-state index in [9.17, 15) is 0 Å². The fraction of sp³-hybridized carbons (Fsp3) is 0. The van der Waals surface area contributed by atoms with Crippen LogP contribution in [0.25, 0.3) is 31.1 Å². The Bertz CT molecular complexity index is 845. The lowest BCUT2D eigenvalue weighted by Crippen LogP contribution is -1.88. The molecule has 4 aromatic rings. The Morgan fingerprint density at radius 2 is 1.95 bits per heavy atom. The van der Waals surface area contributed by atoms with Crippen LogP contribution >= 0.6 is 22.7 Å². The minimum absolute atomic E-state index is 0.517. The van der Waals surface area contributed by atoms with Crippen LogP contribution in [0.1, 0.15) is 0 Å². The van der Waals surface area contributed by atoms with E-state index in [4.69, 9.17) is 5.73 Å². The van der Waals surface area contributed by atoms with Crippen molar-refractivity contribution in [1.29, 1.82) is 0 Å². The first-order valence-corrected chi connectivity index (χ1v) is 7.74. The van der Waals surface area contributed by atoms with Gasteiger partial charge in [0, 0.05) is 21.8 Å². The van der Waals surface area contributed by atoms with E-state index in [0.717, 1.165) is 21.7 Å². The molecule has 0 spiro atoms. The molecule has 0 aliphatic rings. The van der Waals surface area contributed by atoms with Crippen molar-refractivity contribution in [1.82, 2.24) is 15.2 Å². The molecule has 0 fully saturated rings. The number of nitrogens with two attached hydrogens (primary N) is 1. The number of aromatic amines is 1. The predicted octanol–water partition coefficient (Wildman–Crippen LogP) is 4.00. The van der Waals surface area contributed by atoms with Crippen molar-refractivity contribution in [3.63, 3.8) is 0 Å². The van der Waals surface area contributed by atoms with Crippen molar-refractivity contribution in [3.05, 3.63) is 42.0 Å². The highest BCUT2D eigenvalue weighted by Crippen LogP contribution is 2.41. The van der Waals surface area contributed by atoms with E-state index in [1.807, 2.05) is 12.1 Å². The minimum Gasteiger partial charge on any atom is -0.382 e. The summed E-state index contributed by atoms with van der Waals surface area (Å²) in [4.78, 5) is 5.20. The average molecular weight is 298 g/mol. The van der Waals surface area contributed by atoms with Gasteiger partial charge in [0.05, 0.1) is 16.1 Å². The molecule has 0 aromatic carbocycles. The van der Waals surface area contributed by atoms with Crippen LogP contribution in [0.4, 0.5) is 5.82 Å². The molecule has 6 heteroatoms. The second-order valence-corrected chi connectivity index (χ2v) is 6.39. The van der Waals surface area contributed by atoms with E-state index in [-0.39, 0.29) is 0 Å². The molecular weight excluding hydrogens is 288 g/mol. The van der Waals surface area contributed by atoms with E-state index in [1.165, 1.54) is 9.40 Å². The zero-order valence-corrected chi connectivity index (χ0v) is 12.0. The summed E-state index contributed by atoms with van der Waals surface area (Å²) in [5, 5.41) is 9.33. The summed E-state index contributed by atoms with van der Waals surface area (Å²) in [5.74, 6) is 0.517. The molecule has 0 radical (unpaired) electrons. The lowest BCUT2D eigenvalue weighted by atomic mass is 10.1. The minimum atomic E-state index is 0.517. The van der Waals surface area contributed by atoms with Crippen molar-refractivity contribution in [2.24, 2.45) is 0 Å². The number of aromatic nitrogens is 3. The summed E-state index contributed by atoms with van der Waals surface area (Å²) in [7, 11) is 0. The molecule has 4 nitrogen and oxygen atoms in total. The zero-order chi connectivity index (χ0) is 13.5. The predicted molar refractivity (Wildman–Crippen MR) is 84.9 cm³/mol. The number of H-pyrrole nitrogens is 1. The van der Waals surface area contributed by atoms with Gasteiger partial charge in [-0.15, -0.1) is 22.7 Å². The van der Waals surface area contributed by atoms with Crippen molar-refractivity contribution >= 4 is 37.9 Å². The average Bonchev–Trinajstić information content (AvgIpc) is 3.12. The van der Waals surface area contributed by atoms with Gasteiger partial charge < -0.3 is 5.73 Å². The number of hydrogen-bond acceptors (Lipinski definition) is 5. The summed E-state index contributed by atoms with van der Waals surface area (Å²) in [6, 6.07) is 8.21. The van der Waals surface area contributed by atoms with Crippen LogP contribution in [-0.2, 0) is 0 Å². The third-order valence-corrected chi connectivity index (χ3v) is 5.26. The highest BCUT2D eigenvalue weighted by atomic mass is 32.1. The number of fused-ring (bicyclic) bond motifs is 1. The number of anilines is 1. The van der Waals surface area contributed by atoms with Gasteiger partial charge in [-0.1, -0.05) is 0 Å². The first-order chi connectivity index (χ1) is 9.83. The normalized spacial score (nSPS) is 11.2. The molecule has 3 N–H and O–H groups in total. The molecule has 0 saturated heterocycles. The van der Waals surface area contributed by atoms with E-state index in [1.54, 1.807) is 35.1 Å². The number of nitrogen functional groups attached to an aromatic ring is 1. The van der Waals surface area contributed by atoms with Gasteiger partial charge in [0.2, 0.25) is 0 Å². The molecule has 0 atom stereocenters. The van der Waals surface area contributed by atoms with E-state index >= 15 is 0 Å². The van der Waals surface area contributed by atoms with Gasteiger partial charge in [-0.2, -0.15) is 5.10 Å². The first kappa shape index (κ1) is 11.6. The number of thiophene rings is 2. The molecule has 4 heterocycles. The molecule has 4 aromatic heterocycles. The molecule has 0 amide bonds. The SMILES string of the molecule is Nc1n[nH]c(-c2cc3sccc3s2)c1-c1ccncc1. The lowest BCUT2D eigenvalue weighted by Gasteiger charge is -2.02. The van der Waals surface area contributed by atoms with Gasteiger partial charge in [-0.3, -0.25) is 10.1 Å². The number of hydrogen-bond donors (Lipinski definition) is 2. The Morgan fingerprint density at radius 3 is 2.75 bits per heavy atom. The van der Waals surface area contributed by atoms with E-state index in [2.05, 4.69) is 32.7 Å². The topological polar surface area (TPSA) is 67.6 Å². The van der Waals surface area contributed by atoms with Gasteiger partial charge in [0.1, 0.15) is 0 Å². The van der Waals surface area contributed by atoms with Gasteiger partial charge in [-0.05, 0) is 35.2 Å². The Labute approximate surface area is 122 Å². The van der Waals surface area contributed by atoms with Crippen LogP contribution in [0.15, 0.2) is 42.0 Å². The molecule has 0 bridgehead atoms. The fourth-order valence-corrected chi connectivity index (χ4v) is 4.34. The zero-order valence-electron chi connectivity index (χ0n) is 10.3. The van der Waals surface area contributed by atoms with Gasteiger partial charge in [0.25, 0.3) is 0 Å². The molecular formula is C14H10N4S2. The number of nitrogens with one attached hydrogen (secondary N) is 1. The summed E-state index contributed by atoms with van der Waals surface area (Å²) < 4.78 is 2.58. The van der Waals surface area contributed by atoms with Crippen molar-refractivity contribution in [3.8, 4) is 21.7 Å². The van der Waals surface area contributed by atoms with Crippen LogP contribution in [-0.4, -0.2) is 15.2 Å². The summed E-state index contributed by atoms with van der Waals surface area (Å²) in [6.45, 7) is 0. The van der Waals surface area contributed by atoms with Crippen LogP contribution in [0.5, 0.6) is 0 Å². The quantitative estimate of drug-likeness (QED) is 0.588. The number of rotatable bonds is 2. The highest BCUT2D eigenvalue weighted by Gasteiger charge is 2.16. The third-order valence-electron chi connectivity index (χ3n) is 3.15. The molecule has 4 rings (SSSR count). The van der Waals surface area contributed by atoms with Gasteiger partial charge >= 0.3 is 0 Å². The van der Waals surface area contributed by atoms with Crippen LogP contribution in [0, 0.1) is 0 Å². The van der Waals surface area contributed by atoms with Crippen molar-refractivity contribution in [2.45, 2.75) is 0 Å². The van der Waals surface area contributed by atoms with E-state index in [0.29, 0.717) is 5.82 Å². The molecule has 0 aliphatic carbocycles. The Balaban J connectivity index is 1.93. The molecule has 0 aliphatic heterocycles. The monoisotopic (exact) mass is 298 g/mol. The summed E-state index contributed by atoms with van der Waals surface area (Å²) in [5.41, 5.74) is 8.97. The number of pyridine rings is 1. The maximum absolute atomic E-state index is 6.02. The van der Waals surface area contributed by atoms with Gasteiger partial charge in [0.15, 0.2) is 5.82 Å². The fourth-order valence-electron chi connectivity index (χ4n) is 2.23. The molecule has 0 unspecified atom stereocenters. The van der Waals surface area contributed by atoms with Crippen LogP contribution in [0.3, 0.4) is 0 Å². The molecule has 98 valence electrons. The molecule has 20 heavy (non-hydrogen) atoms. The molecule has 0 saturated carbocycles. The maximum atomic E-state index is 6.02. The third kappa shape index (κ3) is 1.73. The standard InChI is InChI=1S/C14H10N4S2/c15-14-12(8-1-4-16-5-2-8)13(17-18-14)11-7-10-9(20-11)3-6-19-10/h1-7H,(H3,15,17,18). The van der Waals surface area contributed by atoms with Crippen LogP contribution in [0.2, 0.25) is 0 Å². The van der Waals surface area contributed by atoms with Crippen molar-refractivity contribution in [2.75, 3.05) is 5.73 Å². The lowest BCUT2D eigenvalue weighted by molar-refractivity contribution is 1.11. The summed E-state index contributed by atoms with van der Waals surface area (Å²) >= 11 is 3.49. The van der Waals surface area contributed by atoms with Crippen molar-refractivity contribution < 1.29 is 0 Å². The number of nitrogens with zero attached hydrogens (tertiary/aromatic N) is 2. The second-order valence-electron chi connectivity index (χ2n) is 4.35. The maximum Gasteiger partial charge on any atom is 0.153 e. The first-order valence-electron chi connectivity index (χ1n) is 6.04. The van der Waals surface area contributed by atoms with Crippen LogP contribution < -0.4 is 5.73 Å². The highest BCUT2D eigenvalue weighted by molar-refractivity contribution is 7.28. The summed E-state index contributed by atoms with van der Waals surface area (Å²) in [6.07, 6.45) is 3.52. The Morgan fingerprint density at radius 1 is 1.10 bits per heavy atom. The second kappa shape index (κ2) is 4.43. The van der Waals surface area contributed by atoms with E-state index < -0.39 is 0 Å². The van der Waals surface area contributed by atoms with Gasteiger partial charge in [-0.25, -0.2) is 0 Å². The smallest absolute Gasteiger partial charge is 0.153 e. The Kier molecular flexibility index (Phi) is 2.58. The largest absolute Gasteiger partial charge is 0.382 e.